The van der Waals surface area contributed by atoms with Crippen LogP contribution in [0.5, 0.6) is 5.75 Å². The summed E-state index contributed by atoms with van der Waals surface area (Å²) >= 11 is 1.65. The highest BCUT2D eigenvalue weighted by Gasteiger charge is 2.54. The Morgan fingerprint density at radius 2 is 1.97 bits per heavy atom. The van der Waals surface area contributed by atoms with E-state index in [1.165, 1.54) is 0 Å². The monoisotopic (exact) mass is 423 g/mol. The van der Waals surface area contributed by atoms with Crippen molar-refractivity contribution in [2.75, 3.05) is 24.9 Å². The summed E-state index contributed by atoms with van der Waals surface area (Å²) in [6, 6.07) is 16.4. The van der Waals surface area contributed by atoms with Gasteiger partial charge >= 0.3 is 0 Å². The van der Waals surface area contributed by atoms with Crippen LogP contribution in [0.15, 0.2) is 58.5 Å². The first-order valence-corrected chi connectivity index (χ1v) is 11.5. The minimum atomic E-state index is -0.366. The number of methoxy groups -OCH3 is 1. The van der Waals surface area contributed by atoms with Crippen LogP contribution in [-0.4, -0.2) is 42.1 Å². The summed E-state index contributed by atoms with van der Waals surface area (Å²) in [6.45, 7) is 7.06. The van der Waals surface area contributed by atoms with Gasteiger partial charge in [-0.05, 0) is 50.8 Å². The van der Waals surface area contributed by atoms with Crippen LogP contribution in [0.1, 0.15) is 32.3 Å². The van der Waals surface area contributed by atoms with E-state index in [2.05, 4.69) is 56.2 Å². The fraction of sp³-hybridized carbons (Fsp3) is 0.417. The third kappa shape index (κ3) is 3.74. The lowest BCUT2D eigenvalue weighted by molar-refractivity contribution is -0.0663. The molecule has 30 heavy (non-hydrogen) atoms. The lowest BCUT2D eigenvalue weighted by Gasteiger charge is -2.47. The molecule has 0 amide bonds. The number of rotatable bonds is 3. The van der Waals surface area contributed by atoms with Crippen molar-refractivity contribution in [3.8, 4) is 5.75 Å². The summed E-state index contributed by atoms with van der Waals surface area (Å²) in [5.41, 5.74) is 2.54. The number of nitrogens with zero attached hydrogens (tertiary/aromatic N) is 3. The van der Waals surface area contributed by atoms with E-state index in [1.54, 1.807) is 18.9 Å². The second kappa shape index (κ2) is 8.08. The van der Waals surface area contributed by atoms with E-state index in [1.807, 2.05) is 24.3 Å². The van der Waals surface area contributed by atoms with E-state index in [-0.39, 0.29) is 11.1 Å². The van der Waals surface area contributed by atoms with Crippen molar-refractivity contribution in [1.82, 2.24) is 0 Å². The second-order valence-electron chi connectivity index (χ2n) is 8.42. The molecule has 2 aliphatic heterocycles. The van der Waals surface area contributed by atoms with Crippen molar-refractivity contribution >= 4 is 34.1 Å². The van der Waals surface area contributed by atoms with E-state index in [0.29, 0.717) is 6.61 Å². The first kappa shape index (κ1) is 20.9. The largest absolute Gasteiger partial charge is 0.497 e. The normalized spacial score (nSPS) is 24.4. The van der Waals surface area contributed by atoms with Crippen LogP contribution in [0.2, 0.25) is 0 Å². The highest BCUT2D eigenvalue weighted by molar-refractivity contribution is 8.13. The predicted octanol–water partition coefficient (Wildman–Crippen LogP) is 5.60. The topological polar surface area (TPSA) is 46.4 Å². The number of para-hydroxylation sites is 1. The molecule has 1 saturated heterocycles. The van der Waals surface area contributed by atoms with Crippen molar-refractivity contribution < 1.29 is 9.47 Å². The Bertz CT molecular complexity index is 1000. The van der Waals surface area contributed by atoms with Crippen LogP contribution >= 0.6 is 11.8 Å². The van der Waals surface area contributed by atoms with Crippen molar-refractivity contribution in [2.45, 2.75) is 44.8 Å². The minimum absolute atomic E-state index is 0.273. The molecule has 2 heterocycles. The van der Waals surface area contributed by atoms with Crippen LogP contribution in [0.3, 0.4) is 0 Å². The Morgan fingerprint density at radius 3 is 2.67 bits per heavy atom. The zero-order valence-corrected chi connectivity index (χ0v) is 19.1. The quantitative estimate of drug-likeness (QED) is 0.645. The standard InChI is InChI=1S/C24H29N3O2S/c1-17-9-6-7-12-20(17)25-21-24(13-14-29-23(2,3)16-24)27(22(26-21)30-5)18-10-8-11-19(15-18)28-4/h6-12,15H,13-14,16H2,1-5H3. The SMILES string of the molecule is COc1cccc(N2C(SC)=NC(=Nc3ccccc3C)C23CCOC(C)(C)C3)c1. The van der Waals surface area contributed by atoms with Crippen LogP contribution in [-0.2, 0) is 4.74 Å². The van der Waals surface area contributed by atoms with Gasteiger partial charge in [-0.3, -0.25) is 0 Å². The van der Waals surface area contributed by atoms with Crippen molar-refractivity contribution in [2.24, 2.45) is 9.98 Å². The fourth-order valence-corrected chi connectivity index (χ4v) is 5.07. The molecule has 0 saturated carbocycles. The van der Waals surface area contributed by atoms with Gasteiger partial charge in [-0.1, -0.05) is 36.0 Å². The predicted molar refractivity (Wildman–Crippen MR) is 127 cm³/mol. The van der Waals surface area contributed by atoms with Crippen molar-refractivity contribution in [1.29, 1.82) is 0 Å². The van der Waals surface area contributed by atoms with Gasteiger partial charge in [0, 0.05) is 31.2 Å². The van der Waals surface area contributed by atoms with Gasteiger partial charge in [-0.2, -0.15) is 0 Å². The average molecular weight is 424 g/mol. The minimum Gasteiger partial charge on any atom is -0.497 e. The summed E-state index contributed by atoms with van der Waals surface area (Å²) < 4.78 is 11.6. The van der Waals surface area contributed by atoms with Gasteiger partial charge in [0.15, 0.2) is 11.0 Å². The molecule has 0 aromatic heterocycles. The molecule has 0 bridgehead atoms. The molecule has 0 N–H and O–H groups in total. The smallest absolute Gasteiger partial charge is 0.170 e. The number of ether oxygens (including phenoxy) is 2. The number of benzene rings is 2. The number of aliphatic imine (C=N–C) groups is 2. The van der Waals surface area contributed by atoms with Crippen LogP contribution in [0, 0.1) is 6.92 Å². The lowest BCUT2D eigenvalue weighted by Crippen LogP contribution is -2.59. The molecular weight excluding hydrogens is 394 g/mol. The van der Waals surface area contributed by atoms with Crippen LogP contribution in [0.4, 0.5) is 11.4 Å². The van der Waals surface area contributed by atoms with Crippen LogP contribution in [0.25, 0.3) is 0 Å². The van der Waals surface area contributed by atoms with Gasteiger partial charge in [-0.15, -0.1) is 0 Å². The molecule has 6 heteroatoms. The van der Waals surface area contributed by atoms with E-state index in [9.17, 15) is 0 Å². The number of anilines is 1. The van der Waals surface area contributed by atoms with Gasteiger partial charge in [0.05, 0.1) is 18.4 Å². The summed E-state index contributed by atoms with van der Waals surface area (Å²) in [4.78, 5) is 12.5. The Morgan fingerprint density at radius 1 is 1.17 bits per heavy atom. The lowest BCUT2D eigenvalue weighted by atomic mass is 9.79. The molecule has 1 fully saturated rings. The molecule has 2 aliphatic rings. The molecule has 2 aromatic carbocycles. The molecule has 4 rings (SSSR count). The molecule has 1 atom stereocenters. The van der Waals surface area contributed by atoms with Crippen molar-refractivity contribution in [3.05, 3.63) is 54.1 Å². The number of thioether (sulfide) groups is 1. The molecule has 0 radical (unpaired) electrons. The Labute approximate surface area is 183 Å². The number of amidine groups is 2. The average Bonchev–Trinajstić information content (AvgIpc) is 3.01. The van der Waals surface area contributed by atoms with Crippen molar-refractivity contribution in [3.63, 3.8) is 0 Å². The third-order valence-electron chi connectivity index (χ3n) is 5.80. The number of hydrogen-bond acceptors (Lipinski definition) is 5. The molecule has 0 aliphatic carbocycles. The summed E-state index contributed by atoms with van der Waals surface area (Å²) in [7, 11) is 1.70. The van der Waals surface area contributed by atoms with Gasteiger partial charge in [-0.25, -0.2) is 9.98 Å². The fourth-order valence-electron chi connectivity index (χ4n) is 4.43. The molecular formula is C24H29N3O2S. The Kier molecular flexibility index (Phi) is 5.64. The van der Waals surface area contributed by atoms with Gasteiger partial charge < -0.3 is 14.4 Å². The van der Waals surface area contributed by atoms with Gasteiger partial charge in [0.2, 0.25) is 0 Å². The zero-order chi connectivity index (χ0) is 21.4. The van der Waals surface area contributed by atoms with E-state index in [4.69, 9.17) is 19.5 Å². The third-order valence-corrected chi connectivity index (χ3v) is 6.44. The van der Waals surface area contributed by atoms with Crippen LogP contribution < -0.4 is 9.64 Å². The Hall–Kier alpha value is -2.31. The highest BCUT2D eigenvalue weighted by Crippen LogP contribution is 2.46. The molecule has 5 nitrogen and oxygen atoms in total. The van der Waals surface area contributed by atoms with Gasteiger partial charge in [0.1, 0.15) is 11.3 Å². The van der Waals surface area contributed by atoms with Gasteiger partial charge in [0.25, 0.3) is 0 Å². The second-order valence-corrected chi connectivity index (χ2v) is 9.20. The Balaban J connectivity index is 1.90. The number of aryl methyl sites for hydroxylation is 1. The molecule has 2 aromatic rings. The first-order chi connectivity index (χ1) is 14.4. The maximum atomic E-state index is 6.11. The zero-order valence-electron chi connectivity index (χ0n) is 18.3. The summed E-state index contributed by atoms with van der Waals surface area (Å²) in [5, 5.41) is 0.952. The first-order valence-electron chi connectivity index (χ1n) is 10.2. The molecule has 158 valence electrons. The highest BCUT2D eigenvalue weighted by atomic mass is 32.2. The number of hydrogen-bond donors (Lipinski definition) is 0. The van der Waals surface area contributed by atoms with E-state index in [0.717, 1.165) is 46.5 Å². The maximum Gasteiger partial charge on any atom is 0.170 e. The maximum absolute atomic E-state index is 6.11. The summed E-state index contributed by atoms with van der Waals surface area (Å²) in [5.74, 6) is 1.69. The summed E-state index contributed by atoms with van der Waals surface area (Å²) in [6.07, 6.45) is 3.70. The van der Waals surface area contributed by atoms with E-state index < -0.39 is 0 Å². The molecule has 1 spiro atoms. The molecule has 1 unspecified atom stereocenters. The van der Waals surface area contributed by atoms with E-state index >= 15 is 0 Å².